The number of terminal acetylenes is 1. The number of rotatable bonds is 17. The Kier molecular flexibility index (Phi) is 13.6. The van der Waals surface area contributed by atoms with Crippen molar-refractivity contribution < 1.29 is 29.0 Å². The highest BCUT2D eigenvalue weighted by molar-refractivity contribution is 5.96. The lowest BCUT2D eigenvalue weighted by atomic mass is 10.0. The van der Waals surface area contributed by atoms with Crippen molar-refractivity contribution in [2.24, 2.45) is 0 Å². The normalized spacial score (nSPS) is 11.2. The summed E-state index contributed by atoms with van der Waals surface area (Å²) in [7, 11) is 0. The van der Waals surface area contributed by atoms with Crippen molar-refractivity contribution in [3.05, 3.63) is 83.7 Å². The number of hydrogen-bond donors (Lipinski definition) is 4. The molecule has 0 aliphatic heterocycles. The van der Waals surface area contributed by atoms with Gasteiger partial charge in [0, 0.05) is 48.9 Å². The van der Waals surface area contributed by atoms with Crippen LogP contribution < -0.4 is 16.0 Å². The first-order chi connectivity index (χ1) is 20.5. The molecule has 0 aliphatic rings. The predicted octanol–water partition coefficient (Wildman–Crippen LogP) is 1.55. The smallest absolute Gasteiger partial charge is 0.252 e. The van der Waals surface area contributed by atoms with Crippen molar-refractivity contribution in [1.82, 2.24) is 25.9 Å². The largest absolute Gasteiger partial charge is 0.396 e. The molecule has 11 heteroatoms. The molecule has 4 N–H and O–H groups in total. The molecule has 3 aromatic rings. The fourth-order valence-corrected chi connectivity index (χ4v) is 3.82. The van der Waals surface area contributed by atoms with E-state index in [2.05, 4.69) is 31.8 Å². The van der Waals surface area contributed by atoms with E-state index in [1.165, 1.54) is 12.4 Å². The number of pyridine rings is 2. The third kappa shape index (κ3) is 10.7. The van der Waals surface area contributed by atoms with Gasteiger partial charge < -0.3 is 30.5 Å². The maximum Gasteiger partial charge on any atom is 0.252 e. The molecular formula is C31H35N5O6. The minimum absolute atomic E-state index is 0.0516. The molecule has 0 fully saturated rings. The summed E-state index contributed by atoms with van der Waals surface area (Å²) in [4.78, 5) is 45.3. The minimum atomic E-state index is -0.326. The van der Waals surface area contributed by atoms with Gasteiger partial charge in [-0.2, -0.15) is 0 Å². The van der Waals surface area contributed by atoms with Gasteiger partial charge in [0.2, 0.25) is 5.91 Å². The Balaban J connectivity index is 1.29. The maximum absolute atomic E-state index is 12.6. The Morgan fingerprint density at radius 1 is 0.833 bits per heavy atom. The zero-order valence-corrected chi connectivity index (χ0v) is 23.3. The van der Waals surface area contributed by atoms with Gasteiger partial charge in [-0.3, -0.25) is 24.4 Å². The van der Waals surface area contributed by atoms with E-state index in [-0.39, 0.29) is 63.0 Å². The van der Waals surface area contributed by atoms with Crippen LogP contribution in [0.1, 0.15) is 38.6 Å². The molecule has 0 bridgehead atoms. The molecule has 220 valence electrons. The van der Waals surface area contributed by atoms with Crippen molar-refractivity contribution in [3.8, 4) is 23.7 Å². The average Bonchev–Trinajstić information content (AvgIpc) is 3.03. The van der Waals surface area contributed by atoms with Crippen LogP contribution in [0.25, 0.3) is 11.4 Å². The zero-order chi connectivity index (χ0) is 30.0. The van der Waals surface area contributed by atoms with E-state index in [1.807, 2.05) is 30.3 Å². The Labute approximate surface area is 245 Å². The van der Waals surface area contributed by atoms with E-state index in [9.17, 15) is 19.5 Å². The summed E-state index contributed by atoms with van der Waals surface area (Å²) in [6, 6.07) is 15.9. The molecule has 42 heavy (non-hydrogen) atoms. The van der Waals surface area contributed by atoms with E-state index in [0.29, 0.717) is 42.3 Å². The Hall–Kier alpha value is -4.63. The van der Waals surface area contributed by atoms with Gasteiger partial charge in [0.25, 0.3) is 11.8 Å². The molecule has 1 aromatic carbocycles. The van der Waals surface area contributed by atoms with Crippen LogP contribution in [0.3, 0.4) is 0 Å². The zero-order valence-electron chi connectivity index (χ0n) is 23.3. The fourth-order valence-electron chi connectivity index (χ4n) is 3.82. The highest BCUT2D eigenvalue weighted by atomic mass is 16.5. The fraction of sp³-hybridized carbons (Fsp3) is 0.323. The third-order valence-electron chi connectivity index (χ3n) is 6.07. The molecule has 11 nitrogen and oxygen atoms in total. The number of amides is 3. The molecule has 0 saturated carbocycles. The lowest BCUT2D eigenvalue weighted by Crippen LogP contribution is -2.30. The first-order valence-electron chi connectivity index (χ1n) is 13.5. The summed E-state index contributed by atoms with van der Waals surface area (Å²) in [5, 5.41) is 17.8. The van der Waals surface area contributed by atoms with E-state index in [0.717, 1.165) is 5.56 Å². The number of carbonyl (C=O) groups excluding carboxylic acids is 3. The Morgan fingerprint density at radius 2 is 1.45 bits per heavy atom. The van der Waals surface area contributed by atoms with Crippen LogP contribution in [-0.4, -0.2) is 85.5 Å². The van der Waals surface area contributed by atoms with Crippen molar-refractivity contribution in [2.45, 2.75) is 12.3 Å². The quantitative estimate of drug-likeness (QED) is 0.140. The number of benzene rings is 1. The highest BCUT2D eigenvalue weighted by Gasteiger charge is 2.13. The summed E-state index contributed by atoms with van der Waals surface area (Å²) >= 11 is 0. The second-order valence-electron chi connectivity index (χ2n) is 9.07. The van der Waals surface area contributed by atoms with Crippen LogP contribution in [-0.2, 0) is 14.3 Å². The molecule has 0 radical (unpaired) electrons. The lowest BCUT2D eigenvalue weighted by Gasteiger charge is -2.15. The van der Waals surface area contributed by atoms with Crippen molar-refractivity contribution >= 4 is 17.7 Å². The second-order valence-corrected chi connectivity index (χ2v) is 9.07. The number of carbonyl (C=O) groups is 3. The number of hydrogen-bond acceptors (Lipinski definition) is 8. The first-order valence-corrected chi connectivity index (χ1v) is 13.5. The molecular weight excluding hydrogens is 538 g/mol. The highest BCUT2D eigenvalue weighted by Crippen LogP contribution is 2.17. The summed E-state index contributed by atoms with van der Waals surface area (Å²) in [6.07, 6.45) is 8.38. The molecule has 2 aromatic heterocycles. The van der Waals surface area contributed by atoms with Crippen LogP contribution in [0.15, 0.2) is 67.0 Å². The minimum Gasteiger partial charge on any atom is -0.396 e. The van der Waals surface area contributed by atoms with Gasteiger partial charge >= 0.3 is 0 Å². The molecule has 1 unspecified atom stereocenters. The van der Waals surface area contributed by atoms with Gasteiger partial charge in [0.15, 0.2) is 0 Å². The van der Waals surface area contributed by atoms with Crippen LogP contribution >= 0.6 is 0 Å². The van der Waals surface area contributed by atoms with Crippen LogP contribution in [0.4, 0.5) is 0 Å². The van der Waals surface area contributed by atoms with E-state index < -0.39 is 0 Å². The second kappa shape index (κ2) is 17.9. The van der Waals surface area contributed by atoms with Gasteiger partial charge in [-0.15, -0.1) is 6.42 Å². The number of nitrogens with zero attached hydrogens (tertiary/aromatic N) is 2. The molecule has 2 heterocycles. The standard InChI is InChI=1S/C31H35N5O6/c1-2-11-34-30(39)24-8-12-32-27(19-24)28-20-25(9-13-33-28)31(40)35-14-16-42-18-17-41-15-10-29(38)36-21-26(22-37)23-6-4-3-5-7-23/h1,3-9,12-13,19-20,26,37H,10-11,14-18,21-22H2,(H,34,39)(H,35,40)(H,36,38). The molecule has 0 saturated heterocycles. The first kappa shape index (κ1) is 31.9. The van der Waals surface area contributed by atoms with Gasteiger partial charge in [0.05, 0.1) is 51.0 Å². The SMILES string of the molecule is C#CCNC(=O)c1ccnc(-c2cc(C(=O)NCCOCCOCCC(=O)NCC(CO)c3ccccc3)ccn2)c1. The van der Waals surface area contributed by atoms with Gasteiger partial charge in [0.1, 0.15) is 0 Å². The molecule has 3 rings (SSSR count). The third-order valence-corrected chi connectivity index (χ3v) is 6.07. The summed E-state index contributed by atoms with van der Waals surface area (Å²) in [5.74, 6) is 1.41. The number of aliphatic hydroxyl groups excluding tert-OH is 1. The van der Waals surface area contributed by atoms with Crippen LogP contribution in [0, 0.1) is 12.3 Å². The van der Waals surface area contributed by atoms with E-state index in [4.69, 9.17) is 15.9 Å². The molecule has 3 amide bonds. The molecule has 1 atom stereocenters. The summed E-state index contributed by atoms with van der Waals surface area (Å²) in [6.45, 7) is 1.86. The monoisotopic (exact) mass is 573 g/mol. The number of aliphatic hydroxyl groups is 1. The Morgan fingerprint density at radius 3 is 2.07 bits per heavy atom. The Bertz CT molecular complexity index is 1340. The van der Waals surface area contributed by atoms with Crippen molar-refractivity contribution in [3.63, 3.8) is 0 Å². The topological polar surface area (TPSA) is 152 Å². The lowest BCUT2D eigenvalue weighted by molar-refractivity contribution is -0.122. The van der Waals surface area contributed by atoms with Gasteiger partial charge in [-0.1, -0.05) is 36.3 Å². The average molecular weight is 574 g/mol. The number of aromatic nitrogens is 2. The van der Waals surface area contributed by atoms with E-state index in [1.54, 1.807) is 24.3 Å². The number of nitrogens with one attached hydrogen (secondary N) is 3. The van der Waals surface area contributed by atoms with Gasteiger partial charge in [-0.25, -0.2) is 0 Å². The van der Waals surface area contributed by atoms with E-state index >= 15 is 0 Å². The molecule has 0 spiro atoms. The summed E-state index contributed by atoms with van der Waals surface area (Å²) < 4.78 is 10.9. The number of ether oxygens (including phenoxy) is 2. The van der Waals surface area contributed by atoms with Gasteiger partial charge in [-0.05, 0) is 29.8 Å². The molecule has 0 aliphatic carbocycles. The summed E-state index contributed by atoms with van der Waals surface area (Å²) in [5.41, 5.74) is 2.63. The maximum atomic E-state index is 12.6. The van der Waals surface area contributed by atoms with Crippen molar-refractivity contribution in [2.75, 3.05) is 52.7 Å². The van der Waals surface area contributed by atoms with Crippen LogP contribution in [0.2, 0.25) is 0 Å². The van der Waals surface area contributed by atoms with Crippen molar-refractivity contribution in [1.29, 1.82) is 0 Å². The predicted molar refractivity (Wildman–Crippen MR) is 157 cm³/mol. The van der Waals surface area contributed by atoms with Crippen LogP contribution in [0.5, 0.6) is 0 Å².